The van der Waals surface area contributed by atoms with Crippen LogP contribution in [0.15, 0.2) is 30.3 Å². The number of phenolic OH excluding ortho intramolecular Hbond substituents is 1. The highest BCUT2D eigenvalue weighted by Crippen LogP contribution is 2.37. The first-order chi connectivity index (χ1) is 7.11. The molecule has 1 N–H and O–H groups in total. The average Bonchev–Trinajstić information content (AvgIpc) is 2.23. The first-order valence-electron chi connectivity index (χ1n) is 5.01. The van der Waals surface area contributed by atoms with E-state index in [2.05, 4.69) is 13.8 Å². The molecule has 0 saturated carbocycles. The van der Waals surface area contributed by atoms with E-state index in [1.165, 1.54) is 5.56 Å². The molecule has 78 valence electrons. The van der Waals surface area contributed by atoms with E-state index in [0.717, 1.165) is 10.8 Å². The average molecular weight is 221 g/mol. The minimum atomic E-state index is 0.177. The zero-order chi connectivity index (χ0) is 11.0. The summed E-state index contributed by atoms with van der Waals surface area (Å²) >= 11 is 5.99. The summed E-state index contributed by atoms with van der Waals surface area (Å²) in [6.07, 6.45) is 0. The first kappa shape index (κ1) is 10.3. The van der Waals surface area contributed by atoms with Crippen molar-refractivity contribution in [2.75, 3.05) is 0 Å². The fraction of sp³-hybridized carbons (Fsp3) is 0.231. The van der Waals surface area contributed by atoms with Gasteiger partial charge >= 0.3 is 0 Å². The van der Waals surface area contributed by atoms with Crippen molar-refractivity contribution >= 4 is 22.4 Å². The molecule has 0 radical (unpaired) electrons. The summed E-state index contributed by atoms with van der Waals surface area (Å²) in [7, 11) is 0. The summed E-state index contributed by atoms with van der Waals surface area (Å²) in [5.41, 5.74) is 1.17. The van der Waals surface area contributed by atoms with Crippen LogP contribution in [-0.4, -0.2) is 5.11 Å². The molecule has 15 heavy (non-hydrogen) atoms. The highest BCUT2D eigenvalue weighted by atomic mass is 35.5. The van der Waals surface area contributed by atoms with E-state index >= 15 is 0 Å². The quantitative estimate of drug-likeness (QED) is 0.759. The van der Waals surface area contributed by atoms with Gasteiger partial charge in [-0.2, -0.15) is 0 Å². The van der Waals surface area contributed by atoms with Crippen LogP contribution in [0.25, 0.3) is 10.8 Å². The monoisotopic (exact) mass is 220 g/mol. The van der Waals surface area contributed by atoms with Crippen molar-refractivity contribution in [2.45, 2.75) is 19.8 Å². The predicted octanol–water partition coefficient (Wildman–Crippen LogP) is 4.32. The van der Waals surface area contributed by atoms with Crippen LogP contribution >= 0.6 is 11.6 Å². The molecule has 2 aromatic carbocycles. The van der Waals surface area contributed by atoms with Gasteiger partial charge in [-0.25, -0.2) is 0 Å². The molecule has 0 fully saturated rings. The van der Waals surface area contributed by atoms with E-state index in [1.807, 2.05) is 30.3 Å². The molecule has 0 aliphatic carbocycles. The van der Waals surface area contributed by atoms with Gasteiger partial charge in [-0.05, 0) is 22.9 Å². The second-order valence-corrected chi connectivity index (χ2v) is 4.40. The molecule has 0 bridgehead atoms. The second-order valence-electron chi connectivity index (χ2n) is 4.00. The lowest BCUT2D eigenvalue weighted by atomic mass is 9.95. The summed E-state index contributed by atoms with van der Waals surface area (Å²) in [5, 5.41) is 12.2. The molecule has 0 atom stereocenters. The minimum absolute atomic E-state index is 0.177. The van der Waals surface area contributed by atoms with Crippen LogP contribution in [0.4, 0.5) is 0 Å². The Bertz CT molecular complexity index is 503. The van der Waals surface area contributed by atoms with Crippen molar-refractivity contribution in [3.8, 4) is 5.75 Å². The Kier molecular flexibility index (Phi) is 2.57. The Balaban J connectivity index is 2.88. The third-order valence-electron chi connectivity index (χ3n) is 2.62. The zero-order valence-electron chi connectivity index (χ0n) is 8.79. The molecular weight excluding hydrogens is 208 g/mol. The minimum Gasteiger partial charge on any atom is -0.506 e. The molecule has 0 heterocycles. The van der Waals surface area contributed by atoms with Gasteiger partial charge < -0.3 is 5.11 Å². The molecule has 0 unspecified atom stereocenters. The van der Waals surface area contributed by atoms with Gasteiger partial charge in [0.05, 0.1) is 5.02 Å². The third kappa shape index (κ3) is 1.68. The number of phenols is 1. The number of halogens is 1. The molecule has 2 aromatic rings. The van der Waals surface area contributed by atoms with Crippen LogP contribution < -0.4 is 0 Å². The van der Waals surface area contributed by atoms with Gasteiger partial charge in [-0.3, -0.25) is 0 Å². The molecular formula is C13H13ClO. The summed E-state index contributed by atoms with van der Waals surface area (Å²) in [6, 6.07) is 9.64. The fourth-order valence-corrected chi connectivity index (χ4v) is 2.05. The SMILES string of the molecule is CC(C)c1cc(Cl)c(O)c2ccccc12. The fourth-order valence-electron chi connectivity index (χ4n) is 1.83. The van der Waals surface area contributed by atoms with Crippen LogP contribution in [0.5, 0.6) is 5.75 Å². The van der Waals surface area contributed by atoms with Gasteiger partial charge in [-0.1, -0.05) is 49.7 Å². The van der Waals surface area contributed by atoms with Crippen LogP contribution in [0.2, 0.25) is 5.02 Å². The Hall–Kier alpha value is -1.21. The van der Waals surface area contributed by atoms with Crippen LogP contribution in [0.3, 0.4) is 0 Å². The largest absolute Gasteiger partial charge is 0.506 e. The van der Waals surface area contributed by atoms with E-state index in [4.69, 9.17) is 11.6 Å². The number of aromatic hydroxyl groups is 1. The highest BCUT2D eigenvalue weighted by Gasteiger charge is 2.11. The van der Waals surface area contributed by atoms with Gasteiger partial charge in [0.15, 0.2) is 0 Å². The lowest BCUT2D eigenvalue weighted by molar-refractivity contribution is 0.481. The second kappa shape index (κ2) is 3.74. The molecule has 2 rings (SSSR count). The van der Waals surface area contributed by atoms with E-state index < -0.39 is 0 Å². The van der Waals surface area contributed by atoms with Crippen molar-refractivity contribution in [3.05, 3.63) is 40.9 Å². The van der Waals surface area contributed by atoms with Gasteiger partial charge in [0.2, 0.25) is 0 Å². The molecule has 0 spiro atoms. The maximum Gasteiger partial charge on any atom is 0.142 e. The van der Waals surface area contributed by atoms with E-state index in [0.29, 0.717) is 10.9 Å². The molecule has 0 amide bonds. The van der Waals surface area contributed by atoms with E-state index in [9.17, 15) is 5.11 Å². The van der Waals surface area contributed by atoms with E-state index in [1.54, 1.807) is 0 Å². The summed E-state index contributed by atoms with van der Waals surface area (Å²) < 4.78 is 0. The Morgan fingerprint density at radius 1 is 1.13 bits per heavy atom. The van der Waals surface area contributed by atoms with Crippen molar-refractivity contribution in [1.82, 2.24) is 0 Å². The van der Waals surface area contributed by atoms with Crippen LogP contribution in [-0.2, 0) is 0 Å². The number of hydrogen-bond acceptors (Lipinski definition) is 1. The number of hydrogen-bond donors (Lipinski definition) is 1. The lowest BCUT2D eigenvalue weighted by Crippen LogP contribution is -1.90. The normalized spacial score (nSPS) is 11.2. The standard InChI is InChI=1S/C13H13ClO/c1-8(2)11-7-12(14)13(15)10-6-4-3-5-9(10)11/h3-8,15H,1-2H3. The molecule has 1 nitrogen and oxygen atoms in total. The van der Waals surface area contributed by atoms with Gasteiger partial charge in [0, 0.05) is 5.39 Å². The number of rotatable bonds is 1. The number of fused-ring (bicyclic) bond motifs is 1. The van der Waals surface area contributed by atoms with E-state index in [-0.39, 0.29) is 5.75 Å². The van der Waals surface area contributed by atoms with Crippen molar-refractivity contribution in [2.24, 2.45) is 0 Å². The maximum absolute atomic E-state index is 9.83. The maximum atomic E-state index is 9.83. The van der Waals surface area contributed by atoms with Gasteiger partial charge in [-0.15, -0.1) is 0 Å². The number of benzene rings is 2. The highest BCUT2D eigenvalue weighted by molar-refractivity contribution is 6.33. The Morgan fingerprint density at radius 2 is 1.73 bits per heavy atom. The van der Waals surface area contributed by atoms with Gasteiger partial charge in [0.1, 0.15) is 5.75 Å². The zero-order valence-corrected chi connectivity index (χ0v) is 9.55. The summed E-state index contributed by atoms with van der Waals surface area (Å²) in [6.45, 7) is 4.24. The topological polar surface area (TPSA) is 20.2 Å². The lowest BCUT2D eigenvalue weighted by Gasteiger charge is -2.12. The van der Waals surface area contributed by atoms with Crippen molar-refractivity contribution in [1.29, 1.82) is 0 Å². The summed E-state index contributed by atoms with van der Waals surface area (Å²) in [4.78, 5) is 0. The van der Waals surface area contributed by atoms with Crippen molar-refractivity contribution < 1.29 is 5.11 Å². The predicted molar refractivity (Wildman–Crippen MR) is 64.7 cm³/mol. The Morgan fingerprint density at radius 3 is 2.33 bits per heavy atom. The molecule has 2 heteroatoms. The third-order valence-corrected chi connectivity index (χ3v) is 2.91. The molecule has 0 saturated heterocycles. The molecule has 0 aliphatic rings. The van der Waals surface area contributed by atoms with Crippen molar-refractivity contribution in [3.63, 3.8) is 0 Å². The summed E-state index contributed by atoms with van der Waals surface area (Å²) in [5.74, 6) is 0.574. The van der Waals surface area contributed by atoms with Gasteiger partial charge in [0.25, 0.3) is 0 Å². The first-order valence-corrected chi connectivity index (χ1v) is 5.39. The van der Waals surface area contributed by atoms with Crippen LogP contribution in [0.1, 0.15) is 25.3 Å². The molecule has 0 aromatic heterocycles. The smallest absolute Gasteiger partial charge is 0.142 e. The Labute approximate surface area is 94.3 Å². The molecule has 0 aliphatic heterocycles. The van der Waals surface area contributed by atoms with Crippen LogP contribution in [0, 0.1) is 0 Å².